The maximum Gasteiger partial charge on any atom is 0.0343 e. The molecule has 2 nitrogen and oxygen atoms in total. The van der Waals surface area contributed by atoms with E-state index in [-0.39, 0.29) is 0 Å². The van der Waals surface area contributed by atoms with Crippen molar-refractivity contribution in [3.05, 3.63) is 29.3 Å². The van der Waals surface area contributed by atoms with Crippen LogP contribution in [0.2, 0.25) is 0 Å². The van der Waals surface area contributed by atoms with Crippen LogP contribution in [0.15, 0.2) is 18.2 Å². The van der Waals surface area contributed by atoms with Gasteiger partial charge in [0.25, 0.3) is 0 Å². The van der Waals surface area contributed by atoms with E-state index in [1.165, 1.54) is 16.8 Å². The van der Waals surface area contributed by atoms with Crippen molar-refractivity contribution >= 4 is 5.69 Å². The molecule has 0 fully saturated rings. The highest BCUT2D eigenvalue weighted by Gasteiger charge is 2.08. The molecule has 0 unspecified atom stereocenters. The zero-order valence-electron chi connectivity index (χ0n) is 7.35. The van der Waals surface area contributed by atoms with E-state index < -0.39 is 0 Å². The molecular weight excluding hydrogens is 148 g/mol. The van der Waals surface area contributed by atoms with Crippen LogP contribution in [-0.4, -0.2) is 6.54 Å². The van der Waals surface area contributed by atoms with Gasteiger partial charge in [-0.05, 0) is 30.2 Å². The first-order valence-electron chi connectivity index (χ1n) is 4.46. The number of anilines is 1. The molecule has 2 rings (SSSR count). The lowest BCUT2D eigenvalue weighted by Gasteiger charge is -2.04. The van der Waals surface area contributed by atoms with Crippen molar-refractivity contribution in [2.24, 2.45) is 0 Å². The van der Waals surface area contributed by atoms with Crippen LogP contribution in [0.5, 0.6) is 0 Å². The summed E-state index contributed by atoms with van der Waals surface area (Å²) in [7, 11) is 0. The van der Waals surface area contributed by atoms with E-state index >= 15 is 0 Å². The number of nitrogens with one attached hydrogen (secondary N) is 2. The van der Waals surface area contributed by atoms with Crippen LogP contribution in [0.1, 0.15) is 18.1 Å². The number of benzene rings is 1. The Hall–Kier alpha value is -1.02. The predicted molar refractivity (Wildman–Crippen MR) is 51.1 cm³/mol. The first kappa shape index (κ1) is 7.62. The van der Waals surface area contributed by atoms with Crippen molar-refractivity contribution in [2.45, 2.75) is 20.0 Å². The number of rotatable bonds is 2. The largest absolute Gasteiger partial charge is 0.385 e. The summed E-state index contributed by atoms with van der Waals surface area (Å²) in [5.41, 5.74) is 4.12. The molecule has 64 valence electrons. The lowest BCUT2D eigenvalue weighted by Crippen LogP contribution is -2.00. The minimum atomic E-state index is 0.992. The molecule has 0 bridgehead atoms. The molecule has 1 aliphatic rings. The van der Waals surface area contributed by atoms with Crippen LogP contribution in [0.25, 0.3) is 0 Å². The van der Waals surface area contributed by atoms with Gasteiger partial charge in [-0.15, -0.1) is 0 Å². The van der Waals surface area contributed by atoms with Gasteiger partial charge in [0.15, 0.2) is 0 Å². The molecule has 0 aromatic heterocycles. The summed E-state index contributed by atoms with van der Waals surface area (Å²) in [6, 6.07) is 6.58. The summed E-state index contributed by atoms with van der Waals surface area (Å²) in [5.74, 6) is 0. The Balaban J connectivity index is 2.26. The summed E-state index contributed by atoms with van der Waals surface area (Å²) < 4.78 is 0. The molecule has 0 saturated heterocycles. The van der Waals surface area contributed by atoms with Gasteiger partial charge in [-0.25, -0.2) is 0 Å². The van der Waals surface area contributed by atoms with E-state index in [1.54, 1.807) is 0 Å². The molecule has 0 aliphatic carbocycles. The zero-order chi connectivity index (χ0) is 8.39. The summed E-state index contributed by atoms with van der Waals surface area (Å²) in [5, 5.41) is 6.64. The van der Waals surface area contributed by atoms with Crippen molar-refractivity contribution in [3.63, 3.8) is 0 Å². The Morgan fingerprint density at radius 3 is 3.00 bits per heavy atom. The highest BCUT2D eigenvalue weighted by atomic mass is 14.9. The van der Waals surface area contributed by atoms with E-state index in [1.807, 2.05) is 0 Å². The van der Waals surface area contributed by atoms with Crippen LogP contribution >= 0.6 is 0 Å². The highest BCUT2D eigenvalue weighted by molar-refractivity contribution is 5.49. The fourth-order valence-corrected chi connectivity index (χ4v) is 1.61. The van der Waals surface area contributed by atoms with Crippen LogP contribution in [0.3, 0.4) is 0 Å². The lowest BCUT2D eigenvalue weighted by atomic mass is 10.1. The molecular formula is C10H14N2. The molecule has 1 heterocycles. The minimum absolute atomic E-state index is 0.992. The summed E-state index contributed by atoms with van der Waals surface area (Å²) in [6.07, 6.45) is 0. The fraction of sp³-hybridized carbons (Fsp3) is 0.400. The first-order chi connectivity index (χ1) is 5.90. The second kappa shape index (κ2) is 3.15. The van der Waals surface area contributed by atoms with Gasteiger partial charge in [0.2, 0.25) is 0 Å². The monoisotopic (exact) mass is 162 g/mol. The van der Waals surface area contributed by atoms with Crippen molar-refractivity contribution < 1.29 is 0 Å². The second-order valence-corrected chi connectivity index (χ2v) is 3.12. The van der Waals surface area contributed by atoms with Crippen LogP contribution < -0.4 is 10.6 Å². The van der Waals surface area contributed by atoms with Crippen molar-refractivity contribution in [3.8, 4) is 0 Å². The SMILES string of the molecule is CCNc1ccc2c(c1)CNC2. The van der Waals surface area contributed by atoms with Gasteiger partial charge in [-0.2, -0.15) is 0 Å². The Kier molecular flexibility index (Phi) is 2.00. The topological polar surface area (TPSA) is 24.1 Å². The smallest absolute Gasteiger partial charge is 0.0343 e. The quantitative estimate of drug-likeness (QED) is 0.692. The van der Waals surface area contributed by atoms with Crippen molar-refractivity contribution in [1.82, 2.24) is 5.32 Å². The second-order valence-electron chi connectivity index (χ2n) is 3.12. The number of hydrogen-bond donors (Lipinski definition) is 2. The van der Waals surface area contributed by atoms with Gasteiger partial charge in [0, 0.05) is 25.3 Å². The third-order valence-corrected chi connectivity index (χ3v) is 2.22. The molecule has 0 spiro atoms. The first-order valence-corrected chi connectivity index (χ1v) is 4.46. The Morgan fingerprint density at radius 1 is 1.33 bits per heavy atom. The average molecular weight is 162 g/mol. The predicted octanol–water partition coefficient (Wildman–Crippen LogP) is 1.72. The number of hydrogen-bond acceptors (Lipinski definition) is 2. The van der Waals surface area contributed by atoms with E-state index in [2.05, 4.69) is 35.8 Å². The third-order valence-electron chi connectivity index (χ3n) is 2.22. The van der Waals surface area contributed by atoms with Crippen LogP contribution in [0, 0.1) is 0 Å². The van der Waals surface area contributed by atoms with Crippen LogP contribution in [-0.2, 0) is 13.1 Å². The minimum Gasteiger partial charge on any atom is -0.385 e. The molecule has 1 aliphatic heterocycles. The van der Waals surface area contributed by atoms with Gasteiger partial charge in [0.05, 0.1) is 0 Å². The average Bonchev–Trinajstić information content (AvgIpc) is 2.51. The molecule has 0 saturated carbocycles. The molecule has 0 amide bonds. The van der Waals surface area contributed by atoms with E-state index in [4.69, 9.17) is 0 Å². The van der Waals surface area contributed by atoms with Gasteiger partial charge in [-0.3, -0.25) is 0 Å². The molecule has 2 heteroatoms. The maximum atomic E-state index is 3.33. The fourth-order valence-electron chi connectivity index (χ4n) is 1.61. The van der Waals surface area contributed by atoms with Crippen molar-refractivity contribution in [1.29, 1.82) is 0 Å². The molecule has 0 atom stereocenters. The molecule has 1 aromatic rings. The number of fused-ring (bicyclic) bond motifs is 1. The molecule has 12 heavy (non-hydrogen) atoms. The van der Waals surface area contributed by atoms with Gasteiger partial charge >= 0.3 is 0 Å². The van der Waals surface area contributed by atoms with E-state index in [0.717, 1.165) is 19.6 Å². The van der Waals surface area contributed by atoms with E-state index in [0.29, 0.717) is 0 Å². The Bertz CT molecular complexity index is 281. The van der Waals surface area contributed by atoms with Gasteiger partial charge < -0.3 is 10.6 Å². The summed E-state index contributed by atoms with van der Waals surface area (Å²) in [6.45, 7) is 5.16. The standard InChI is InChI=1S/C10H14N2/c1-2-12-10-4-3-8-6-11-7-9(8)5-10/h3-5,11-12H,2,6-7H2,1H3. The van der Waals surface area contributed by atoms with Crippen molar-refractivity contribution in [2.75, 3.05) is 11.9 Å². The Morgan fingerprint density at radius 2 is 2.17 bits per heavy atom. The zero-order valence-corrected chi connectivity index (χ0v) is 7.35. The molecule has 2 N–H and O–H groups in total. The maximum absolute atomic E-state index is 3.33. The normalized spacial score (nSPS) is 14.4. The van der Waals surface area contributed by atoms with Gasteiger partial charge in [-0.1, -0.05) is 6.07 Å². The third kappa shape index (κ3) is 1.30. The Labute approximate surface area is 73.0 Å². The highest BCUT2D eigenvalue weighted by Crippen LogP contribution is 2.19. The summed E-state index contributed by atoms with van der Waals surface area (Å²) >= 11 is 0. The lowest BCUT2D eigenvalue weighted by molar-refractivity contribution is 0.765. The summed E-state index contributed by atoms with van der Waals surface area (Å²) in [4.78, 5) is 0. The van der Waals surface area contributed by atoms with Gasteiger partial charge in [0.1, 0.15) is 0 Å². The molecule has 0 radical (unpaired) electrons. The van der Waals surface area contributed by atoms with Crippen LogP contribution in [0.4, 0.5) is 5.69 Å². The van der Waals surface area contributed by atoms with E-state index in [9.17, 15) is 0 Å². The molecule has 1 aromatic carbocycles.